The summed E-state index contributed by atoms with van der Waals surface area (Å²) in [6.45, 7) is 2.01. The Morgan fingerprint density at radius 1 is 1.33 bits per heavy atom. The summed E-state index contributed by atoms with van der Waals surface area (Å²) >= 11 is 0. The molecule has 2 rings (SSSR count). The Kier molecular flexibility index (Phi) is 4.08. The Balaban J connectivity index is 2.00. The second-order valence-electron chi connectivity index (χ2n) is 4.00. The number of benzene rings is 1. The van der Waals surface area contributed by atoms with Gasteiger partial charge in [0.1, 0.15) is 18.5 Å². The summed E-state index contributed by atoms with van der Waals surface area (Å²) in [7, 11) is 0. The lowest BCUT2D eigenvalue weighted by Gasteiger charge is -2.24. The van der Waals surface area contributed by atoms with Gasteiger partial charge in [0.25, 0.3) is 0 Å². The molecule has 1 atom stereocenters. The fourth-order valence-corrected chi connectivity index (χ4v) is 1.74. The average Bonchev–Trinajstić information content (AvgIpc) is 2.37. The van der Waals surface area contributed by atoms with E-state index in [0.29, 0.717) is 13.2 Å². The summed E-state index contributed by atoms with van der Waals surface area (Å²) in [5.74, 6) is -0.154. The molecule has 0 amide bonds. The minimum Gasteiger partial charge on any atom is -0.490 e. The van der Waals surface area contributed by atoms with E-state index in [2.05, 4.69) is 5.32 Å². The lowest BCUT2D eigenvalue weighted by atomic mass is 10.2. The van der Waals surface area contributed by atoms with Crippen molar-refractivity contribution < 1.29 is 22.6 Å². The molecule has 0 bridgehead atoms. The molecule has 1 saturated heterocycles. The van der Waals surface area contributed by atoms with Crippen molar-refractivity contribution in [3.8, 4) is 5.75 Å². The molecule has 1 aliphatic rings. The van der Waals surface area contributed by atoms with E-state index in [1.165, 1.54) is 18.2 Å². The molecule has 1 heterocycles. The molecule has 1 fully saturated rings. The van der Waals surface area contributed by atoms with Crippen LogP contribution in [0.1, 0.15) is 5.56 Å². The Bertz CT molecular complexity index is 389. The van der Waals surface area contributed by atoms with Crippen LogP contribution in [0, 0.1) is 0 Å². The lowest BCUT2D eigenvalue weighted by Crippen LogP contribution is -2.41. The van der Waals surface area contributed by atoms with Crippen LogP contribution in [0.25, 0.3) is 0 Å². The first-order valence-electron chi connectivity index (χ1n) is 5.69. The Morgan fingerprint density at radius 3 is 2.78 bits per heavy atom. The van der Waals surface area contributed by atoms with Crippen LogP contribution in [0.2, 0.25) is 0 Å². The highest BCUT2D eigenvalue weighted by Crippen LogP contribution is 2.35. The van der Waals surface area contributed by atoms with E-state index in [4.69, 9.17) is 9.47 Å². The molecule has 6 heteroatoms. The number of hydrogen-bond donors (Lipinski definition) is 1. The van der Waals surface area contributed by atoms with Crippen molar-refractivity contribution in [1.82, 2.24) is 5.32 Å². The van der Waals surface area contributed by atoms with Gasteiger partial charge in [-0.25, -0.2) is 0 Å². The first-order chi connectivity index (χ1) is 8.57. The monoisotopic (exact) mass is 261 g/mol. The van der Waals surface area contributed by atoms with E-state index in [0.717, 1.165) is 12.6 Å². The predicted molar refractivity (Wildman–Crippen MR) is 59.5 cm³/mol. The molecule has 0 aromatic heterocycles. The number of hydrogen-bond acceptors (Lipinski definition) is 3. The zero-order valence-corrected chi connectivity index (χ0v) is 9.67. The number of halogens is 3. The van der Waals surface area contributed by atoms with Gasteiger partial charge in [0.05, 0.1) is 12.2 Å². The van der Waals surface area contributed by atoms with Crippen molar-refractivity contribution in [2.45, 2.75) is 12.3 Å². The first kappa shape index (κ1) is 13.2. The zero-order chi connectivity index (χ0) is 13.0. The quantitative estimate of drug-likeness (QED) is 0.903. The smallest absolute Gasteiger partial charge is 0.419 e. The summed E-state index contributed by atoms with van der Waals surface area (Å²) in [5.41, 5.74) is -0.756. The molecule has 1 N–H and O–H groups in total. The third-order valence-corrected chi connectivity index (χ3v) is 2.62. The van der Waals surface area contributed by atoms with Gasteiger partial charge in [0, 0.05) is 13.1 Å². The predicted octanol–water partition coefficient (Wildman–Crippen LogP) is 2.07. The second-order valence-corrected chi connectivity index (χ2v) is 4.00. The highest BCUT2D eigenvalue weighted by Gasteiger charge is 2.34. The molecular weight excluding hydrogens is 247 g/mol. The number of nitrogens with one attached hydrogen (secondary N) is 1. The topological polar surface area (TPSA) is 30.5 Å². The summed E-state index contributed by atoms with van der Waals surface area (Å²) in [6.07, 6.45) is -4.61. The Hall–Kier alpha value is -1.27. The van der Waals surface area contributed by atoms with Crippen LogP contribution in [0.5, 0.6) is 5.75 Å². The summed E-state index contributed by atoms with van der Waals surface area (Å²) in [5, 5.41) is 3.09. The molecule has 3 nitrogen and oxygen atoms in total. The fraction of sp³-hybridized carbons (Fsp3) is 0.500. The molecule has 1 aliphatic heterocycles. The molecule has 1 aromatic carbocycles. The molecule has 0 spiro atoms. The molecule has 0 saturated carbocycles. The van der Waals surface area contributed by atoms with Crippen molar-refractivity contribution in [2.24, 2.45) is 0 Å². The first-order valence-corrected chi connectivity index (χ1v) is 5.69. The Labute approximate surface area is 103 Å². The van der Waals surface area contributed by atoms with Gasteiger partial charge in [0.15, 0.2) is 0 Å². The van der Waals surface area contributed by atoms with Crippen molar-refractivity contribution in [3.05, 3.63) is 29.8 Å². The van der Waals surface area contributed by atoms with E-state index >= 15 is 0 Å². The van der Waals surface area contributed by atoms with E-state index in [-0.39, 0.29) is 18.5 Å². The van der Waals surface area contributed by atoms with Crippen molar-refractivity contribution in [1.29, 1.82) is 0 Å². The second kappa shape index (κ2) is 5.58. The largest absolute Gasteiger partial charge is 0.490 e. The minimum atomic E-state index is -4.40. The van der Waals surface area contributed by atoms with Crippen LogP contribution in [0.3, 0.4) is 0 Å². The minimum absolute atomic E-state index is 0.111. The van der Waals surface area contributed by atoms with Gasteiger partial charge in [0.2, 0.25) is 0 Å². The maximum atomic E-state index is 12.7. The number of morpholine rings is 1. The normalized spacial score (nSPS) is 20.7. The van der Waals surface area contributed by atoms with E-state index < -0.39 is 11.7 Å². The van der Waals surface area contributed by atoms with Crippen molar-refractivity contribution in [2.75, 3.05) is 26.3 Å². The van der Waals surface area contributed by atoms with Crippen LogP contribution < -0.4 is 10.1 Å². The van der Waals surface area contributed by atoms with E-state index in [1.54, 1.807) is 0 Å². The van der Waals surface area contributed by atoms with Crippen LogP contribution in [0.4, 0.5) is 13.2 Å². The van der Waals surface area contributed by atoms with Crippen LogP contribution >= 0.6 is 0 Å². The summed E-state index contributed by atoms with van der Waals surface area (Å²) in [4.78, 5) is 0. The van der Waals surface area contributed by atoms with Gasteiger partial charge in [-0.1, -0.05) is 12.1 Å². The molecule has 100 valence electrons. The van der Waals surface area contributed by atoms with Crippen LogP contribution in [0.15, 0.2) is 24.3 Å². The van der Waals surface area contributed by atoms with Gasteiger partial charge >= 0.3 is 6.18 Å². The Morgan fingerprint density at radius 2 is 2.11 bits per heavy atom. The van der Waals surface area contributed by atoms with Crippen LogP contribution in [-0.2, 0) is 10.9 Å². The van der Waals surface area contributed by atoms with Crippen LogP contribution in [-0.4, -0.2) is 32.4 Å². The maximum Gasteiger partial charge on any atom is 0.419 e. The number of rotatable bonds is 3. The van der Waals surface area contributed by atoms with Crippen molar-refractivity contribution in [3.63, 3.8) is 0 Å². The van der Waals surface area contributed by atoms with Crippen molar-refractivity contribution >= 4 is 0 Å². The molecule has 0 aliphatic carbocycles. The SMILES string of the molecule is FC(F)(F)c1ccccc1OCC1CNCCO1. The molecular formula is C12H14F3NO2. The van der Waals surface area contributed by atoms with Gasteiger partial charge in [-0.05, 0) is 12.1 Å². The molecule has 0 radical (unpaired) electrons. The third-order valence-electron chi connectivity index (χ3n) is 2.62. The maximum absolute atomic E-state index is 12.7. The zero-order valence-electron chi connectivity index (χ0n) is 9.67. The standard InChI is InChI=1S/C12H14F3NO2/c13-12(14,15)10-3-1-2-4-11(10)18-8-9-7-16-5-6-17-9/h1-4,9,16H,5-8H2. The lowest BCUT2D eigenvalue weighted by molar-refractivity contribution is -0.139. The average molecular weight is 261 g/mol. The molecule has 1 aromatic rings. The van der Waals surface area contributed by atoms with Gasteiger partial charge in [-0.15, -0.1) is 0 Å². The third kappa shape index (κ3) is 3.36. The number of ether oxygens (including phenoxy) is 2. The highest BCUT2D eigenvalue weighted by atomic mass is 19.4. The molecule has 1 unspecified atom stereocenters. The van der Waals surface area contributed by atoms with E-state index in [1.807, 2.05) is 0 Å². The van der Waals surface area contributed by atoms with Gasteiger partial charge < -0.3 is 14.8 Å². The number of para-hydroxylation sites is 1. The fourth-order valence-electron chi connectivity index (χ4n) is 1.74. The highest BCUT2D eigenvalue weighted by molar-refractivity contribution is 5.35. The van der Waals surface area contributed by atoms with E-state index in [9.17, 15) is 13.2 Å². The number of alkyl halides is 3. The summed E-state index contributed by atoms with van der Waals surface area (Å²) < 4.78 is 48.6. The van der Waals surface area contributed by atoms with Gasteiger partial charge in [-0.2, -0.15) is 13.2 Å². The van der Waals surface area contributed by atoms with Gasteiger partial charge in [-0.3, -0.25) is 0 Å². The molecule has 18 heavy (non-hydrogen) atoms. The summed E-state index contributed by atoms with van der Waals surface area (Å²) in [6, 6.07) is 5.19.